The monoisotopic (exact) mass is 376 g/mol. The molecule has 0 aliphatic heterocycles. The van der Waals surface area contributed by atoms with Crippen molar-refractivity contribution in [3.63, 3.8) is 0 Å². The fraction of sp³-hybridized carbons (Fsp3) is 0.125. The second-order valence-corrected chi connectivity index (χ2v) is 5.77. The van der Waals surface area contributed by atoms with E-state index < -0.39 is 17.3 Å². The van der Waals surface area contributed by atoms with Crippen LogP contribution in [0.1, 0.15) is 17.0 Å². The smallest absolute Gasteiger partial charge is 0.411 e. The third-order valence-corrected chi connectivity index (χ3v) is 4.09. The first-order valence-electron chi connectivity index (χ1n) is 7.66. The maximum Gasteiger partial charge on any atom is 0.416 e. The van der Waals surface area contributed by atoms with Gasteiger partial charge in [0.2, 0.25) is 5.65 Å². The number of oxime groups is 1. The van der Waals surface area contributed by atoms with Gasteiger partial charge in [0.05, 0.1) is 41.4 Å². The van der Waals surface area contributed by atoms with Crippen molar-refractivity contribution < 1.29 is 18.4 Å². The highest BCUT2D eigenvalue weighted by molar-refractivity contribution is 5.84. The van der Waals surface area contributed by atoms with Gasteiger partial charge < -0.3 is 14.8 Å². The Balaban J connectivity index is 2.06. The van der Waals surface area contributed by atoms with Gasteiger partial charge in [0.25, 0.3) is 5.56 Å². The summed E-state index contributed by atoms with van der Waals surface area (Å²) >= 11 is 0. The molecular weight excluding hydrogens is 365 g/mol. The molecule has 11 heteroatoms. The van der Waals surface area contributed by atoms with Crippen LogP contribution in [-0.4, -0.2) is 35.3 Å². The molecule has 4 rings (SSSR count). The number of hydrogen-bond acceptors (Lipinski definition) is 5. The van der Waals surface area contributed by atoms with Crippen LogP contribution < -0.4 is 5.56 Å². The minimum Gasteiger partial charge on any atom is -0.411 e. The Labute approximate surface area is 148 Å². The van der Waals surface area contributed by atoms with Gasteiger partial charge in [-0.1, -0.05) is 5.16 Å². The molecule has 0 radical (unpaired) electrons. The molecule has 3 heterocycles. The highest BCUT2D eigenvalue weighted by Gasteiger charge is 2.31. The fourth-order valence-corrected chi connectivity index (χ4v) is 2.93. The lowest BCUT2D eigenvalue weighted by atomic mass is 10.2. The van der Waals surface area contributed by atoms with Crippen LogP contribution >= 0.6 is 0 Å². The zero-order valence-electron chi connectivity index (χ0n) is 13.5. The highest BCUT2D eigenvalue weighted by atomic mass is 19.4. The summed E-state index contributed by atoms with van der Waals surface area (Å²) < 4.78 is 42.1. The maximum atomic E-state index is 13.0. The molecule has 2 N–H and O–H groups in total. The van der Waals surface area contributed by atoms with Crippen LogP contribution in [0, 0.1) is 0 Å². The summed E-state index contributed by atoms with van der Waals surface area (Å²) in [6.45, 7) is 0.210. The van der Waals surface area contributed by atoms with E-state index in [0.29, 0.717) is 11.2 Å². The number of benzene rings is 1. The third kappa shape index (κ3) is 2.82. The van der Waals surface area contributed by atoms with E-state index in [9.17, 15) is 18.0 Å². The normalized spacial score (nSPS) is 12.6. The number of imidazole rings is 2. The average Bonchev–Trinajstić information content (AvgIpc) is 3.24. The predicted molar refractivity (Wildman–Crippen MR) is 89.0 cm³/mol. The Morgan fingerprint density at radius 1 is 1.33 bits per heavy atom. The number of aromatic nitrogens is 5. The minimum absolute atomic E-state index is 0.0130. The van der Waals surface area contributed by atoms with E-state index in [1.807, 2.05) is 0 Å². The van der Waals surface area contributed by atoms with Gasteiger partial charge in [0, 0.05) is 12.4 Å². The van der Waals surface area contributed by atoms with E-state index >= 15 is 0 Å². The minimum atomic E-state index is -4.54. The molecule has 1 aromatic carbocycles. The largest absolute Gasteiger partial charge is 0.416 e. The van der Waals surface area contributed by atoms with Crippen molar-refractivity contribution in [1.82, 2.24) is 23.9 Å². The van der Waals surface area contributed by atoms with Crippen molar-refractivity contribution in [1.29, 1.82) is 0 Å². The summed E-state index contributed by atoms with van der Waals surface area (Å²) in [5.41, 5.74) is -0.547. The summed E-state index contributed by atoms with van der Waals surface area (Å²) in [6, 6.07) is 3.07. The zero-order valence-corrected chi connectivity index (χ0v) is 13.5. The lowest BCUT2D eigenvalue weighted by Gasteiger charge is -2.10. The number of H-pyrrole nitrogens is 1. The summed E-state index contributed by atoms with van der Waals surface area (Å²) in [5, 5.41) is 11.9. The van der Waals surface area contributed by atoms with Crippen LogP contribution in [0.5, 0.6) is 0 Å². The Hall–Kier alpha value is -3.63. The number of hydrogen-bond donors (Lipinski definition) is 2. The van der Waals surface area contributed by atoms with Crippen LogP contribution in [0.25, 0.3) is 16.7 Å². The molecule has 4 aromatic rings. The van der Waals surface area contributed by atoms with Gasteiger partial charge in [-0.3, -0.25) is 9.20 Å². The molecule has 0 spiro atoms. The van der Waals surface area contributed by atoms with E-state index in [0.717, 1.165) is 18.3 Å². The molecule has 0 fully saturated rings. The molecule has 0 amide bonds. The van der Waals surface area contributed by atoms with E-state index in [4.69, 9.17) is 5.21 Å². The number of rotatable bonds is 3. The standard InChI is InChI=1S/C16H11F3N6O2/c17-16(18,19)9-1-2-12-10(5-9)23-15(26)14-22-11(6-21-27)13(25(12)14)7-24-4-3-20-8-24/h1-6,8,27H,7H2,(H,23,26). The van der Waals surface area contributed by atoms with Gasteiger partial charge in [0.15, 0.2) is 0 Å². The number of nitrogens with one attached hydrogen (secondary N) is 1. The van der Waals surface area contributed by atoms with Crippen molar-refractivity contribution >= 4 is 22.9 Å². The highest BCUT2D eigenvalue weighted by Crippen LogP contribution is 2.31. The molecule has 0 aliphatic rings. The summed E-state index contributed by atoms with van der Waals surface area (Å²) in [6.07, 6.45) is 1.30. The molecule has 0 unspecified atom stereocenters. The zero-order chi connectivity index (χ0) is 19.2. The average molecular weight is 376 g/mol. The van der Waals surface area contributed by atoms with Crippen LogP contribution in [0.15, 0.2) is 46.9 Å². The van der Waals surface area contributed by atoms with Crippen molar-refractivity contribution in [2.75, 3.05) is 0 Å². The van der Waals surface area contributed by atoms with Crippen LogP contribution in [0.4, 0.5) is 13.2 Å². The first-order chi connectivity index (χ1) is 12.9. The SMILES string of the molecule is O=c1[nH]c2cc(C(F)(F)F)ccc2n2c(Cn3ccnc3)c(C=NO)nc12. The van der Waals surface area contributed by atoms with Gasteiger partial charge in [0.1, 0.15) is 5.69 Å². The van der Waals surface area contributed by atoms with Gasteiger partial charge >= 0.3 is 6.18 Å². The Morgan fingerprint density at radius 3 is 2.81 bits per heavy atom. The van der Waals surface area contributed by atoms with Gasteiger partial charge in [-0.15, -0.1) is 0 Å². The Morgan fingerprint density at radius 2 is 2.15 bits per heavy atom. The molecule has 8 nitrogen and oxygen atoms in total. The molecule has 138 valence electrons. The van der Waals surface area contributed by atoms with Crippen LogP contribution in [-0.2, 0) is 12.7 Å². The first-order valence-corrected chi connectivity index (χ1v) is 7.66. The van der Waals surface area contributed by atoms with Gasteiger partial charge in [-0.25, -0.2) is 9.97 Å². The molecular formula is C16H11F3N6O2. The first kappa shape index (κ1) is 16.8. The number of aromatic amines is 1. The number of fused-ring (bicyclic) bond motifs is 3. The Bertz CT molecular complexity index is 1220. The van der Waals surface area contributed by atoms with Crippen molar-refractivity contribution in [2.24, 2.45) is 5.16 Å². The van der Waals surface area contributed by atoms with Crippen molar-refractivity contribution in [3.05, 3.63) is 64.2 Å². The number of alkyl halides is 3. The third-order valence-electron chi connectivity index (χ3n) is 4.09. The maximum absolute atomic E-state index is 13.0. The molecule has 27 heavy (non-hydrogen) atoms. The van der Waals surface area contributed by atoms with Crippen molar-refractivity contribution in [3.8, 4) is 0 Å². The van der Waals surface area contributed by atoms with Crippen LogP contribution in [0.2, 0.25) is 0 Å². The van der Waals surface area contributed by atoms with E-state index in [-0.39, 0.29) is 23.4 Å². The lowest BCUT2D eigenvalue weighted by molar-refractivity contribution is -0.137. The Kier molecular flexibility index (Phi) is 3.72. The molecule has 0 saturated carbocycles. The quantitative estimate of drug-likeness (QED) is 0.325. The molecule has 0 saturated heterocycles. The van der Waals surface area contributed by atoms with E-state index in [1.165, 1.54) is 16.8 Å². The van der Waals surface area contributed by atoms with Crippen molar-refractivity contribution in [2.45, 2.75) is 12.7 Å². The summed E-state index contributed by atoms with van der Waals surface area (Å²) in [4.78, 5) is 22.9. The lowest BCUT2D eigenvalue weighted by Crippen LogP contribution is -2.14. The van der Waals surface area contributed by atoms with Crippen LogP contribution in [0.3, 0.4) is 0 Å². The second kappa shape index (κ2) is 5.97. The number of halogens is 3. The summed E-state index contributed by atoms with van der Waals surface area (Å²) in [7, 11) is 0. The topological polar surface area (TPSA) is 101 Å². The van der Waals surface area contributed by atoms with Gasteiger partial charge in [-0.2, -0.15) is 13.2 Å². The second-order valence-electron chi connectivity index (χ2n) is 5.77. The number of nitrogens with zero attached hydrogens (tertiary/aromatic N) is 5. The van der Waals surface area contributed by atoms with E-state index in [1.54, 1.807) is 17.0 Å². The molecule has 3 aromatic heterocycles. The molecule has 0 atom stereocenters. The molecule has 0 aliphatic carbocycles. The molecule has 0 bridgehead atoms. The van der Waals surface area contributed by atoms with E-state index in [2.05, 4.69) is 20.1 Å². The fourth-order valence-electron chi connectivity index (χ4n) is 2.93. The van der Waals surface area contributed by atoms with Gasteiger partial charge in [-0.05, 0) is 18.2 Å². The predicted octanol–water partition coefficient (Wildman–Crippen LogP) is 2.25. The summed E-state index contributed by atoms with van der Waals surface area (Å²) in [5.74, 6) is 0.